The summed E-state index contributed by atoms with van der Waals surface area (Å²) in [7, 11) is 1.98. The van der Waals surface area contributed by atoms with E-state index in [0.29, 0.717) is 6.04 Å². The number of nitrogens with one attached hydrogen (secondary N) is 1. The minimum Gasteiger partial charge on any atom is -0.310 e. The Balaban J connectivity index is 1.96. The van der Waals surface area contributed by atoms with E-state index in [0.717, 1.165) is 12.5 Å². The van der Waals surface area contributed by atoms with Crippen molar-refractivity contribution in [2.45, 2.75) is 38.6 Å². The summed E-state index contributed by atoms with van der Waals surface area (Å²) in [4.78, 5) is 0. The highest BCUT2D eigenvalue weighted by molar-refractivity contribution is 5.11. The van der Waals surface area contributed by atoms with Crippen LogP contribution in [0.3, 0.4) is 0 Å². The zero-order valence-electron chi connectivity index (χ0n) is 9.74. The normalized spacial score (nSPS) is 18.0. The van der Waals surface area contributed by atoms with Crippen molar-refractivity contribution in [3.8, 4) is 0 Å². The van der Waals surface area contributed by atoms with Crippen LogP contribution >= 0.6 is 0 Å². The van der Waals surface area contributed by atoms with Gasteiger partial charge in [-0.15, -0.1) is 0 Å². The van der Waals surface area contributed by atoms with Crippen LogP contribution in [-0.2, 0) is 7.05 Å². The molecule has 1 aromatic heterocycles. The van der Waals surface area contributed by atoms with Gasteiger partial charge in [0.25, 0.3) is 0 Å². The van der Waals surface area contributed by atoms with Crippen LogP contribution in [0.4, 0.5) is 0 Å². The molecule has 0 radical (unpaired) electrons. The molecule has 3 heteroatoms. The van der Waals surface area contributed by atoms with Crippen LogP contribution in [0.5, 0.6) is 0 Å². The smallest absolute Gasteiger partial charge is 0.0537 e. The molecule has 1 aromatic rings. The van der Waals surface area contributed by atoms with Gasteiger partial charge in [0.1, 0.15) is 0 Å². The fraction of sp³-hybridized carbons (Fsp3) is 0.750. The molecule has 0 spiro atoms. The highest BCUT2D eigenvalue weighted by Crippen LogP contribution is 2.37. The summed E-state index contributed by atoms with van der Waals surface area (Å²) in [6.07, 6.45) is 9.45. The van der Waals surface area contributed by atoms with Gasteiger partial charge >= 0.3 is 0 Å². The van der Waals surface area contributed by atoms with Crippen molar-refractivity contribution in [3.05, 3.63) is 18.0 Å². The van der Waals surface area contributed by atoms with E-state index >= 15 is 0 Å². The molecule has 1 N–H and O–H groups in total. The summed E-state index contributed by atoms with van der Waals surface area (Å²) in [6, 6.07) is 0.520. The lowest BCUT2D eigenvalue weighted by Crippen LogP contribution is -2.22. The third-order valence-corrected chi connectivity index (χ3v) is 3.03. The van der Waals surface area contributed by atoms with Gasteiger partial charge in [-0.3, -0.25) is 4.68 Å². The Morgan fingerprint density at radius 3 is 2.93 bits per heavy atom. The third kappa shape index (κ3) is 3.06. The molecule has 15 heavy (non-hydrogen) atoms. The average molecular weight is 207 g/mol. The van der Waals surface area contributed by atoms with Crippen molar-refractivity contribution < 1.29 is 0 Å². The number of aryl methyl sites for hydroxylation is 1. The van der Waals surface area contributed by atoms with Gasteiger partial charge < -0.3 is 5.32 Å². The molecule has 0 aromatic carbocycles. The molecule has 1 aliphatic carbocycles. The van der Waals surface area contributed by atoms with Crippen molar-refractivity contribution in [2.24, 2.45) is 13.0 Å². The standard InChI is InChI=1S/C12H21N3/c1-3-6-13-12(7-10-4-5-10)11-8-14-15(2)9-11/h8-10,12-13H,3-7H2,1-2H3. The van der Waals surface area contributed by atoms with E-state index in [1.807, 2.05) is 17.9 Å². The zero-order valence-corrected chi connectivity index (χ0v) is 9.74. The van der Waals surface area contributed by atoms with Gasteiger partial charge in [-0.05, 0) is 25.3 Å². The Morgan fingerprint density at radius 1 is 1.60 bits per heavy atom. The predicted molar refractivity (Wildman–Crippen MR) is 61.6 cm³/mol. The number of hydrogen-bond donors (Lipinski definition) is 1. The minimum atomic E-state index is 0.520. The number of hydrogen-bond acceptors (Lipinski definition) is 2. The Hall–Kier alpha value is -0.830. The fourth-order valence-electron chi connectivity index (χ4n) is 1.96. The minimum absolute atomic E-state index is 0.520. The molecule has 0 bridgehead atoms. The molecule has 3 nitrogen and oxygen atoms in total. The molecule has 0 amide bonds. The molecular formula is C12H21N3. The summed E-state index contributed by atoms with van der Waals surface area (Å²) in [6.45, 7) is 3.32. The van der Waals surface area contributed by atoms with Crippen LogP contribution in [0.15, 0.2) is 12.4 Å². The van der Waals surface area contributed by atoms with E-state index in [1.165, 1.54) is 31.2 Å². The van der Waals surface area contributed by atoms with Gasteiger partial charge in [0.05, 0.1) is 6.20 Å². The highest BCUT2D eigenvalue weighted by atomic mass is 15.2. The molecule has 1 saturated carbocycles. The van der Waals surface area contributed by atoms with E-state index < -0.39 is 0 Å². The van der Waals surface area contributed by atoms with Crippen LogP contribution in [0.1, 0.15) is 44.2 Å². The third-order valence-electron chi connectivity index (χ3n) is 3.03. The first-order chi connectivity index (χ1) is 7.29. The second kappa shape index (κ2) is 4.79. The molecule has 1 fully saturated rings. The Bertz CT molecular complexity index is 302. The maximum atomic E-state index is 4.25. The fourth-order valence-corrected chi connectivity index (χ4v) is 1.96. The van der Waals surface area contributed by atoms with Crippen LogP contribution in [0, 0.1) is 5.92 Å². The van der Waals surface area contributed by atoms with E-state index in [2.05, 4.69) is 23.5 Å². The first kappa shape index (κ1) is 10.7. The molecule has 1 atom stereocenters. The van der Waals surface area contributed by atoms with Gasteiger partial charge in [0.2, 0.25) is 0 Å². The van der Waals surface area contributed by atoms with Gasteiger partial charge in [-0.1, -0.05) is 19.8 Å². The summed E-state index contributed by atoms with van der Waals surface area (Å²) >= 11 is 0. The summed E-state index contributed by atoms with van der Waals surface area (Å²) in [5, 5.41) is 7.87. The van der Waals surface area contributed by atoms with Crippen LogP contribution in [-0.4, -0.2) is 16.3 Å². The van der Waals surface area contributed by atoms with Gasteiger partial charge in [-0.25, -0.2) is 0 Å². The first-order valence-electron chi connectivity index (χ1n) is 6.01. The van der Waals surface area contributed by atoms with Crippen LogP contribution < -0.4 is 5.32 Å². The number of nitrogens with zero attached hydrogens (tertiary/aromatic N) is 2. The van der Waals surface area contributed by atoms with Crippen LogP contribution in [0.25, 0.3) is 0 Å². The Labute approximate surface area is 91.9 Å². The van der Waals surface area contributed by atoms with Crippen molar-refractivity contribution in [3.63, 3.8) is 0 Å². The quantitative estimate of drug-likeness (QED) is 0.775. The lowest BCUT2D eigenvalue weighted by molar-refractivity contribution is 0.473. The Kier molecular flexibility index (Phi) is 3.41. The monoisotopic (exact) mass is 207 g/mol. The largest absolute Gasteiger partial charge is 0.310 e. The lowest BCUT2D eigenvalue weighted by atomic mass is 10.0. The molecule has 1 aliphatic rings. The molecule has 0 saturated heterocycles. The summed E-state index contributed by atoms with van der Waals surface area (Å²) < 4.78 is 1.89. The van der Waals surface area contributed by atoms with E-state index in [1.54, 1.807) is 0 Å². The number of aromatic nitrogens is 2. The van der Waals surface area contributed by atoms with Gasteiger partial charge in [-0.2, -0.15) is 5.10 Å². The van der Waals surface area contributed by atoms with Crippen molar-refractivity contribution in [1.82, 2.24) is 15.1 Å². The summed E-state index contributed by atoms with van der Waals surface area (Å²) in [5.41, 5.74) is 1.35. The second-order valence-electron chi connectivity index (χ2n) is 4.63. The average Bonchev–Trinajstić information content (AvgIpc) is 2.94. The highest BCUT2D eigenvalue weighted by Gasteiger charge is 2.26. The van der Waals surface area contributed by atoms with Crippen molar-refractivity contribution >= 4 is 0 Å². The van der Waals surface area contributed by atoms with Crippen LogP contribution in [0.2, 0.25) is 0 Å². The van der Waals surface area contributed by atoms with E-state index in [9.17, 15) is 0 Å². The maximum absolute atomic E-state index is 4.25. The van der Waals surface area contributed by atoms with E-state index in [-0.39, 0.29) is 0 Å². The predicted octanol–water partition coefficient (Wildman–Crippen LogP) is 2.26. The summed E-state index contributed by atoms with van der Waals surface area (Å²) in [5.74, 6) is 0.958. The molecule has 0 aliphatic heterocycles. The van der Waals surface area contributed by atoms with Gasteiger partial charge in [0.15, 0.2) is 0 Å². The Morgan fingerprint density at radius 2 is 2.40 bits per heavy atom. The zero-order chi connectivity index (χ0) is 10.7. The number of rotatable bonds is 6. The molecule has 84 valence electrons. The SMILES string of the molecule is CCCNC(CC1CC1)c1cnn(C)c1. The molecule has 1 heterocycles. The lowest BCUT2D eigenvalue weighted by Gasteiger charge is -2.16. The van der Waals surface area contributed by atoms with E-state index in [4.69, 9.17) is 0 Å². The maximum Gasteiger partial charge on any atom is 0.0537 e. The van der Waals surface area contributed by atoms with Crippen molar-refractivity contribution in [2.75, 3.05) is 6.54 Å². The second-order valence-corrected chi connectivity index (χ2v) is 4.63. The molecule has 1 unspecified atom stereocenters. The first-order valence-corrected chi connectivity index (χ1v) is 6.01. The topological polar surface area (TPSA) is 29.9 Å². The molecule has 2 rings (SSSR count). The van der Waals surface area contributed by atoms with Crippen molar-refractivity contribution in [1.29, 1.82) is 0 Å². The molecular weight excluding hydrogens is 186 g/mol. The van der Waals surface area contributed by atoms with Gasteiger partial charge in [0, 0.05) is 24.8 Å².